The first-order valence-electron chi connectivity index (χ1n) is 8.10. The van der Waals surface area contributed by atoms with E-state index in [-0.39, 0.29) is 5.41 Å². The topological polar surface area (TPSA) is 21.5 Å². The molecule has 0 radical (unpaired) electrons. The standard InChI is InChI=1S/C16H25NO/c18-15(11-17-3-1-2-4-17)16-8-12-5-13(9-16)7-14(6-12)10-16/h12-14H,1-11H2/p+1. The summed E-state index contributed by atoms with van der Waals surface area (Å²) in [5, 5.41) is 0. The lowest BCUT2D eigenvalue weighted by Crippen LogP contribution is -3.11. The third kappa shape index (κ3) is 1.76. The van der Waals surface area contributed by atoms with Gasteiger partial charge in [-0.2, -0.15) is 0 Å². The molecule has 2 nitrogen and oxygen atoms in total. The van der Waals surface area contributed by atoms with E-state index in [1.165, 1.54) is 64.5 Å². The molecular weight excluding hydrogens is 222 g/mol. The summed E-state index contributed by atoms with van der Waals surface area (Å²) in [5.74, 6) is 3.38. The van der Waals surface area contributed by atoms with Gasteiger partial charge in [0.05, 0.1) is 13.1 Å². The van der Waals surface area contributed by atoms with Gasteiger partial charge in [-0.15, -0.1) is 0 Å². The van der Waals surface area contributed by atoms with E-state index in [1.807, 2.05) is 0 Å². The molecule has 0 aromatic rings. The number of nitrogens with one attached hydrogen (secondary N) is 1. The molecule has 0 aromatic carbocycles. The molecule has 1 aliphatic heterocycles. The van der Waals surface area contributed by atoms with Gasteiger partial charge < -0.3 is 4.90 Å². The van der Waals surface area contributed by atoms with Crippen molar-refractivity contribution in [1.82, 2.24) is 0 Å². The van der Waals surface area contributed by atoms with E-state index >= 15 is 0 Å². The van der Waals surface area contributed by atoms with Gasteiger partial charge in [0.1, 0.15) is 6.54 Å². The molecule has 5 aliphatic rings. The van der Waals surface area contributed by atoms with Gasteiger partial charge in [0, 0.05) is 18.3 Å². The van der Waals surface area contributed by atoms with E-state index in [1.54, 1.807) is 4.90 Å². The Labute approximate surface area is 110 Å². The van der Waals surface area contributed by atoms with Crippen LogP contribution >= 0.6 is 0 Å². The fraction of sp³-hybridized carbons (Fsp3) is 0.938. The van der Waals surface area contributed by atoms with E-state index < -0.39 is 0 Å². The predicted molar refractivity (Wildman–Crippen MR) is 70.4 cm³/mol. The van der Waals surface area contributed by atoms with Crippen molar-refractivity contribution in [3.63, 3.8) is 0 Å². The van der Waals surface area contributed by atoms with Crippen LogP contribution in [0.2, 0.25) is 0 Å². The lowest BCUT2D eigenvalue weighted by molar-refractivity contribution is -0.879. The van der Waals surface area contributed by atoms with Crippen LogP contribution in [0.25, 0.3) is 0 Å². The lowest BCUT2D eigenvalue weighted by Gasteiger charge is -2.55. The summed E-state index contributed by atoms with van der Waals surface area (Å²) in [6.45, 7) is 3.35. The van der Waals surface area contributed by atoms with Crippen LogP contribution in [0.5, 0.6) is 0 Å². The van der Waals surface area contributed by atoms with Gasteiger partial charge in [-0.05, 0) is 56.3 Å². The summed E-state index contributed by atoms with van der Waals surface area (Å²) in [5.41, 5.74) is 0.157. The summed E-state index contributed by atoms with van der Waals surface area (Å²) in [7, 11) is 0. The van der Waals surface area contributed by atoms with Crippen molar-refractivity contribution in [2.24, 2.45) is 23.2 Å². The van der Waals surface area contributed by atoms with Crippen LogP contribution in [0.3, 0.4) is 0 Å². The molecule has 0 aromatic heterocycles. The second kappa shape index (κ2) is 4.06. The molecule has 5 fully saturated rings. The van der Waals surface area contributed by atoms with E-state index in [9.17, 15) is 4.79 Å². The van der Waals surface area contributed by atoms with Crippen molar-refractivity contribution in [3.8, 4) is 0 Å². The average molecular weight is 248 g/mol. The highest BCUT2D eigenvalue weighted by molar-refractivity contribution is 5.86. The molecule has 0 amide bonds. The molecule has 0 atom stereocenters. The van der Waals surface area contributed by atoms with Crippen molar-refractivity contribution in [1.29, 1.82) is 0 Å². The molecule has 5 rings (SSSR count). The Balaban J connectivity index is 1.50. The Morgan fingerprint density at radius 3 is 1.94 bits per heavy atom. The van der Waals surface area contributed by atoms with Crippen molar-refractivity contribution in [2.75, 3.05) is 19.6 Å². The zero-order chi connectivity index (χ0) is 12.2. The van der Waals surface area contributed by atoms with E-state index in [4.69, 9.17) is 0 Å². The molecule has 1 saturated heterocycles. The first kappa shape index (κ1) is 11.5. The molecule has 4 bridgehead atoms. The summed E-state index contributed by atoms with van der Waals surface area (Å²) in [4.78, 5) is 14.4. The number of rotatable bonds is 3. The fourth-order valence-corrected chi connectivity index (χ4v) is 5.92. The largest absolute Gasteiger partial charge is 0.329 e. The highest BCUT2D eigenvalue weighted by Gasteiger charge is 2.54. The van der Waals surface area contributed by atoms with Crippen LogP contribution in [-0.2, 0) is 4.79 Å². The van der Waals surface area contributed by atoms with Gasteiger partial charge in [-0.1, -0.05) is 0 Å². The van der Waals surface area contributed by atoms with Crippen LogP contribution in [0.4, 0.5) is 0 Å². The molecule has 0 spiro atoms. The summed E-state index contributed by atoms with van der Waals surface area (Å²) < 4.78 is 0. The Kier molecular flexibility index (Phi) is 2.58. The first-order chi connectivity index (χ1) is 8.73. The van der Waals surface area contributed by atoms with Gasteiger partial charge in [0.15, 0.2) is 5.78 Å². The van der Waals surface area contributed by atoms with Crippen LogP contribution < -0.4 is 4.90 Å². The summed E-state index contributed by atoms with van der Waals surface area (Å²) in [6.07, 6.45) is 10.8. The normalized spacial score (nSPS) is 46.8. The molecule has 4 aliphatic carbocycles. The smallest absolute Gasteiger partial charge is 0.192 e. The van der Waals surface area contributed by atoms with Crippen molar-refractivity contribution in [2.45, 2.75) is 51.4 Å². The first-order valence-corrected chi connectivity index (χ1v) is 8.10. The number of carbonyl (C=O) groups is 1. The highest BCUT2D eigenvalue weighted by atomic mass is 16.1. The zero-order valence-corrected chi connectivity index (χ0v) is 11.4. The molecule has 100 valence electrons. The van der Waals surface area contributed by atoms with Gasteiger partial charge in [-0.3, -0.25) is 4.79 Å². The van der Waals surface area contributed by atoms with Crippen molar-refractivity contribution >= 4 is 5.78 Å². The second-order valence-corrected chi connectivity index (χ2v) is 7.75. The third-order valence-electron chi connectivity index (χ3n) is 6.35. The quantitative estimate of drug-likeness (QED) is 0.802. The Bertz CT molecular complexity index is 321. The number of carbonyl (C=O) groups excluding carboxylic acids is 1. The number of likely N-dealkylation sites (tertiary alicyclic amines) is 1. The van der Waals surface area contributed by atoms with E-state index in [0.29, 0.717) is 5.78 Å². The molecule has 0 unspecified atom stereocenters. The van der Waals surface area contributed by atoms with Crippen LogP contribution in [-0.4, -0.2) is 25.4 Å². The maximum Gasteiger partial charge on any atom is 0.192 e. The second-order valence-electron chi connectivity index (χ2n) is 7.75. The van der Waals surface area contributed by atoms with Crippen LogP contribution in [0.1, 0.15) is 51.4 Å². The van der Waals surface area contributed by atoms with Crippen molar-refractivity contribution in [3.05, 3.63) is 0 Å². The van der Waals surface area contributed by atoms with Crippen LogP contribution in [0, 0.1) is 23.2 Å². The lowest BCUT2D eigenvalue weighted by atomic mass is 9.48. The monoisotopic (exact) mass is 248 g/mol. The number of quaternary nitrogens is 1. The fourth-order valence-electron chi connectivity index (χ4n) is 5.92. The average Bonchev–Trinajstić information content (AvgIpc) is 2.79. The molecule has 18 heavy (non-hydrogen) atoms. The minimum atomic E-state index is 0.157. The number of Topliss-reactive ketones (excluding diaryl/α,β-unsaturated/α-hetero) is 1. The van der Waals surface area contributed by atoms with Gasteiger partial charge in [-0.25, -0.2) is 0 Å². The highest BCUT2D eigenvalue weighted by Crippen LogP contribution is 2.60. The molecule has 4 saturated carbocycles. The predicted octanol–water partition coefficient (Wildman–Crippen LogP) is 1.45. The number of hydrogen-bond donors (Lipinski definition) is 1. The maximum atomic E-state index is 12.8. The summed E-state index contributed by atoms with van der Waals surface area (Å²) in [6, 6.07) is 0. The maximum absolute atomic E-state index is 12.8. The molecular formula is C16H26NO+. The van der Waals surface area contributed by atoms with Gasteiger partial charge >= 0.3 is 0 Å². The molecule has 1 N–H and O–H groups in total. The van der Waals surface area contributed by atoms with Crippen LogP contribution in [0.15, 0.2) is 0 Å². The zero-order valence-electron chi connectivity index (χ0n) is 11.4. The summed E-state index contributed by atoms with van der Waals surface area (Å²) >= 11 is 0. The van der Waals surface area contributed by atoms with Crippen molar-refractivity contribution < 1.29 is 9.69 Å². The Morgan fingerprint density at radius 2 is 1.44 bits per heavy atom. The minimum absolute atomic E-state index is 0.157. The van der Waals surface area contributed by atoms with E-state index in [0.717, 1.165) is 24.3 Å². The third-order valence-corrected chi connectivity index (χ3v) is 6.35. The Morgan fingerprint density at radius 1 is 0.944 bits per heavy atom. The van der Waals surface area contributed by atoms with E-state index in [2.05, 4.69) is 0 Å². The number of ketones is 1. The molecule has 2 heteroatoms. The molecule has 1 heterocycles. The Hall–Kier alpha value is -0.370. The van der Waals surface area contributed by atoms with Gasteiger partial charge in [0.25, 0.3) is 0 Å². The minimum Gasteiger partial charge on any atom is -0.329 e. The number of hydrogen-bond acceptors (Lipinski definition) is 1. The SMILES string of the molecule is O=C(C[NH+]1CCCC1)C12CC3CC(CC(C3)C1)C2. The van der Waals surface area contributed by atoms with Gasteiger partial charge in [0.2, 0.25) is 0 Å².